The lowest BCUT2D eigenvalue weighted by Crippen LogP contribution is -2.39. The number of para-hydroxylation sites is 1. The molecule has 11 heteroatoms. The van der Waals surface area contributed by atoms with Gasteiger partial charge in [-0.15, -0.1) is 0 Å². The first-order chi connectivity index (χ1) is 18.6. The molecule has 208 valence electrons. The summed E-state index contributed by atoms with van der Waals surface area (Å²) >= 11 is 0. The Labute approximate surface area is 224 Å². The van der Waals surface area contributed by atoms with E-state index in [1.54, 1.807) is 12.3 Å². The number of ether oxygens (including phenoxy) is 2. The average molecular weight is 544 g/mol. The van der Waals surface area contributed by atoms with Gasteiger partial charge in [0.05, 0.1) is 36.5 Å². The standard InChI is InChI=1S/C28H32F3N5O3/c1-18(15-33-21-6-4-3-5-7-21)26(32)39-23-13-20(14-23)12-19(2)35-27(37)24-16-34-36-17-22(8-9-25(24)36)38-11-10-28(29,30)31/h3-9,15-17,19-20,23,32-33H,10-14H2,1-2H3,(H,35,37)/b18-15-,32-26?/t19-,20?,23?/m0/s1. The van der Waals surface area contributed by atoms with Crippen molar-refractivity contribution in [3.05, 3.63) is 72.2 Å². The predicted octanol–water partition coefficient (Wildman–Crippen LogP) is 5.96. The fraction of sp³-hybridized carbons (Fsp3) is 0.393. The molecule has 1 saturated carbocycles. The van der Waals surface area contributed by atoms with Crippen LogP contribution in [0.2, 0.25) is 0 Å². The summed E-state index contributed by atoms with van der Waals surface area (Å²) in [7, 11) is 0. The largest absolute Gasteiger partial charge is 0.492 e. The van der Waals surface area contributed by atoms with Gasteiger partial charge in [0.2, 0.25) is 5.90 Å². The minimum atomic E-state index is -4.29. The third kappa shape index (κ3) is 7.98. The van der Waals surface area contributed by atoms with Crippen LogP contribution in [0.25, 0.3) is 5.52 Å². The molecule has 1 aliphatic carbocycles. The number of pyridine rings is 1. The van der Waals surface area contributed by atoms with Crippen molar-refractivity contribution in [1.82, 2.24) is 14.9 Å². The van der Waals surface area contributed by atoms with Crippen LogP contribution >= 0.6 is 0 Å². The van der Waals surface area contributed by atoms with Crippen molar-refractivity contribution in [3.8, 4) is 5.75 Å². The number of fused-ring (bicyclic) bond motifs is 1. The monoisotopic (exact) mass is 543 g/mol. The second-order valence-corrected chi connectivity index (χ2v) is 9.82. The van der Waals surface area contributed by atoms with Crippen LogP contribution in [-0.4, -0.2) is 46.3 Å². The number of rotatable bonds is 11. The van der Waals surface area contributed by atoms with E-state index in [1.165, 1.54) is 23.0 Å². The van der Waals surface area contributed by atoms with Gasteiger partial charge < -0.3 is 20.1 Å². The molecule has 1 fully saturated rings. The molecule has 2 aromatic heterocycles. The van der Waals surface area contributed by atoms with E-state index in [1.807, 2.05) is 44.2 Å². The van der Waals surface area contributed by atoms with E-state index in [0.717, 1.165) is 24.9 Å². The van der Waals surface area contributed by atoms with Gasteiger partial charge in [-0.3, -0.25) is 10.2 Å². The van der Waals surface area contributed by atoms with Crippen molar-refractivity contribution in [2.75, 3.05) is 11.9 Å². The third-order valence-corrected chi connectivity index (χ3v) is 6.52. The number of halogens is 3. The number of carbonyl (C=O) groups is 1. The Morgan fingerprint density at radius 2 is 1.97 bits per heavy atom. The van der Waals surface area contributed by atoms with Gasteiger partial charge >= 0.3 is 6.18 Å². The second-order valence-electron chi connectivity index (χ2n) is 9.82. The smallest absolute Gasteiger partial charge is 0.392 e. The molecule has 39 heavy (non-hydrogen) atoms. The maximum atomic E-state index is 12.8. The lowest BCUT2D eigenvalue weighted by Gasteiger charge is -2.36. The van der Waals surface area contributed by atoms with Crippen LogP contribution in [0.5, 0.6) is 5.75 Å². The summed E-state index contributed by atoms with van der Waals surface area (Å²) in [4.78, 5) is 12.8. The maximum Gasteiger partial charge on any atom is 0.392 e. The topological polar surface area (TPSA) is 101 Å². The highest BCUT2D eigenvalue weighted by atomic mass is 19.4. The number of hydrogen-bond acceptors (Lipinski definition) is 6. The molecule has 8 nitrogen and oxygen atoms in total. The first-order valence-corrected chi connectivity index (χ1v) is 12.8. The van der Waals surface area contributed by atoms with Crippen LogP contribution in [0.3, 0.4) is 0 Å². The molecule has 0 radical (unpaired) electrons. The van der Waals surface area contributed by atoms with Crippen LogP contribution in [0.15, 0.2) is 66.6 Å². The minimum Gasteiger partial charge on any atom is -0.492 e. The van der Waals surface area contributed by atoms with Crippen LogP contribution in [0.1, 0.15) is 49.9 Å². The summed E-state index contributed by atoms with van der Waals surface area (Å²) in [5, 5.41) is 18.5. The lowest BCUT2D eigenvalue weighted by atomic mass is 9.78. The molecule has 0 bridgehead atoms. The highest BCUT2D eigenvalue weighted by Gasteiger charge is 2.33. The second kappa shape index (κ2) is 12.2. The summed E-state index contributed by atoms with van der Waals surface area (Å²) in [5.74, 6) is 0.488. The predicted molar refractivity (Wildman–Crippen MR) is 142 cm³/mol. The molecule has 3 aromatic rings. The molecule has 1 amide bonds. The average Bonchev–Trinajstić information content (AvgIpc) is 3.29. The number of alkyl halides is 3. The van der Waals surface area contributed by atoms with Gasteiger partial charge in [0.25, 0.3) is 5.91 Å². The molecule has 4 rings (SSSR count). The number of carbonyl (C=O) groups excluding carboxylic acids is 1. The van der Waals surface area contributed by atoms with Crippen molar-refractivity contribution >= 4 is 23.0 Å². The molecule has 0 unspecified atom stereocenters. The van der Waals surface area contributed by atoms with E-state index in [4.69, 9.17) is 14.9 Å². The summed E-state index contributed by atoms with van der Waals surface area (Å²) in [6.07, 6.45) is 1.70. The fourth-order valence-electron chi connectivity index (χ4n) is 4.39. The molecule has 0 spiro atoms. The van der Waals surface area contributed by atoms with E-state index in [2.05, 4.69) is 15.7 Å². The fourth-order valence-corrected chi connectivity index (χ4v) is 4.39. The molecular formula is C28H32F3N5O3. The zero-order valence-electron chi connectivity index (χ0n) is 21.8. The Bertz CT molecular complexity index is 1320. The van der Waals surface area contributed by atoms with Crippen LogP contribution in [0, 0.1) is 11.3 Å². The first-order valence-electron chi connectivity index (χ1n) is 12.8. The number of nitrogens with zero attached hydrogens (tertiary/aromatic N) is 2. The molecule has 0 saturated heterocycles. The Morgan fingerprint density at radius 3 is 2.69 bits per heavy atom. The Hall–Kier alpha value is -4.02. The minimum absolute atomic E-state index is 0.0161. The molecule has 3 N–H and O–H groups in total. The lowest BCUT2D eigenvalue weighted by molar-refractivity contribution is -0.139. The summed E-state index contributed by atoms with van der Waals surface area (Å²) in [5.41, 5.74) is 2.55. The van der Waals surface area contributed by atoms with Crippen LogP contribution < -0.4 is 15.4 Å². The van der Waals surface area contributed by atoms with E-state index < -0.39 is 19.2 Å². The quantitative estimate of drug-likeness (QED) is 0.205. The van der Waals surface area contributed by atoms with Crippen molar-refractivity contribution in [1.29, 1.82) is 5.41 Å². The zero-order chi connectivity index (χ0) is 28.0. The van der Waals surface area contributed by atoms with Gasteiger partial charge in [-0.1, -0.05) is 18.2 Å². The van der Waals surface area contributed by atoms with Gasteiger partial charge in [0.1, 0.15) is 11.9 Å². The van der Waals surface area contributed by atoms with Gasteiger partial charge in [-0.2, -0.15) is 18.3 Å². The SMILES string of the molecule is C/C(=C/Nc1ccccc1)C(=N)OC1CC(C[C@H](C)NC(=O)c2cnn3cc(OCCC(F)(F)F)ccc23)C1. The molecule has 1 aromatic carbocycles. The van der Waals surface area contributed by atoms with Crippen LogP contribution in [-0.2, 0) is 4.74 Å². The molecule has 1 aliphatic rings. The van der Waals surface area contributed by atoms with Gasteiger partial charge in [0, 0.05) is 23.5 Å². The molecular weight excluding hydrogens is 511 g/mol. The van der Waals surface area contributed by atoms with Crippen molar-refractivity contribution < 1.29 is 27.4 Å². The molecule has 0 aliphatic heterocycles. The Morgan fingerprint density at radius 1 is 1.23 bits per heavy atom. The summed E-state index contributed by atoms with van der Waals surface area (Å²) < 4.78 is 49.3. The van der Waals surface area contributed by atoms with Gasteiger partial charge in [0.15, 0.2) is 0 Å². The van der Waals surface area contributed by atoms with E-state index >= 15 is 0 Å². The summed E-state index contributed by atoms with van der Waals surface area (Å²) in [6, 6.07) is 12.7. The Kier molecular flexibility index (Phi) is 8.78. The maximum absolute atomic E-state index is 12.8. The van der Waals surface area contributed by atoms with E-state index in [9.17, 15) is 18.0 Å². The highest BCUT2D eigenvalue weighted by Crippen LogP contribution is 2.34. The van der Waals surface area contributed by atoms with E-state index in [-0.39, 0.29) is 29.7 Å². The zero-order valence-corrected chi connectivity index (χ0v) is 21.8. The van der Waals surface area contributed by atoms with Crippen molar-refractivity contribution in [2.45, 2.75) is 57.9 Å². The molecule has 2 heterocycles. The molecule has 1 atom stereocenters. The highest BCUT2D eigenvalue weighted by molar-refractivity contribution is 6.00. The number of anilines is 1. The normalized spacial score (nSPS) is 18.2. The van der Waals surface area contributed by atoms with E-state index in [0.29, 0.717) is 22.6 Å². The number of hydrogen-bond donors (Lipinski definition) is 3. The van der Waals surface area contributed by atoms with Crippen molar-refractivity contribution in [2.24, 2.45) is 5.92 Å². The van der Waals surface area contributed by atoms with Crippen molar-refractivity contribution in [3.63, 3.8) is 0 Å². The summed E-state index contributed by atoms with van der Waals surface area (Å²) in [6.45, 7) is 3.28. The Balaban J connectivity index is 1.20. The number of nitrogens with one attached hydrogen (secondary N) is 3. The number of aromatic nitrogens is 2. The van der Waals surface area contributed by atoms with Gasteiger partial charge in [-0.25, -0.2) is 4.52 Å². The number of amides is 1. The third-order valence-electron chi connectivity index (χ3n) is 6.52. The van der Waals surface area contributed by atoms with Gasteiger partial charge in [-0.05, 0) is 63.3 Å². The van der Waals surface area contributed by atoms with Crippen LogP contribution in [0.4, 0.5) is 18.9 Å². The first kappa shape index (κ1) is 28.0. The number of benzene rings is 1.